The maximum Gasteiger partial charge on any atom is 0.306 e. The Morgan fingerprint density at radius 2 is 0.950 bits per heavy atom. The summed E-state index contributed by atoms with van der Waals surface area (Å²) < 4.78 is 22.6. The van der Waals surface area contributed by atoms with Crippen molar-refractivity contribution in [1.29, 1.82) is 0 Å². The molecule has 336 valence electrons. The van der Waals surface area contributed by atoms with Crippen LogP contribution < -0.4 is 0 Å². The summed E-state index contributed by atoms with van der Waals surface area (Å²) in [5.74, 6) is -0.416. The number of allylic oxidation sites excluding steroid dienone is 22. The molecule has 0 bridgehead atoms. The lowest BCUT2D eigenvalue weighted by molar-refractivity contribution is -0.305. The molecule has 60 heavy (non-hydrogen) atoms. The Bertz CT molecular complexity index is 1360. The minimum atomic E-state index is -1.57. The van der Waals surface area contributed by atoms with Crippen molar-refractivity contribution in [2.45, 2.75) is 153 Å². The minimum Gasteiger partial charge on any atom is -0.457 e. The van der Waals surface area contributed by atoms with Gasteiger partial charge in [0.15, 0.2) is 6.29 Å². The van der Waals surface area contributed by atoms with Gasteiger partial charge in [0.2, 0.25) is 0 Å². The largest absolute Gasteiger partial charge is 0.457 e. The standard InChI is InChI=1S/C51H78O9/c1-3-5-7-9-11-13-15-17-18-19-20-21-22-23-24-25-26-27-29-31-33-35-37-39-41-57-43-45(44-58-51-50(56)49(55)48(54)46(42-52)60-51)59-47(53)40-38-36-34-32-30-28-16-14-12-10-8-6-4-2/h5-8,11-14,17-18,20-21,23-24,26-28,30-31,33-34,36,45-46,48-52,54-56H,3-4,9-10,15-16,19,22,25,29,32,35,37-44H2,1-2H3/b7-5-,8-6-,13-11-,14-12-,18-17-,21-20-,24-23-,27-26-,30-28-,33-31-,36-34-. The summed E-state index contributed by atoms with van der Waals surface area (Å²) in [4.78, 5) is 12.7. The zero-order chi connectivity index (χ0) is 43.6. The quantitative estimate of drug-likeness (QED) is 0.0280. The van der Waals surface area contributed by atoms with Gasteiger partial charge in [0, 0.05) is 13.0 Å². The molecule has 1 aliphatic rings. The summed E-state index contributed by atoms with van der Waals surface area (Å²) in [5.41, 5.74) is 0. The van der Waals surface area contributed by atoms with Gasteiger partial charge in [-0.05, 0) is 96.3 Å². The first-order chi connectivity index (χ1) is 29.4. The average Bonchev–Trinajstić information content (AvgIpc) is 3.25. The highest BCUT2D eigenvalue weighted by Crippen LogP contribution is 2.22. The molecule has 6 unspecified atom stereocenters. The number of rotatable bonds is 35. The third kappa shape index (κ3) is 31.2. The van der Waals surface area contributed by atoms with E-state index in [4.69, 9.17) is 18.9 Å². The van der Waals surface area contributed by atoms with Crippen molar-refractivity contribution in [1.82, 2.24) is 0 Å². The lowest BCUT2D eigenvalue weighted by Gasteiger charge is -2.39. The molecule has 0 amide bonds. The molecule has 9 heteroatoms. The van der Waals surface area contributed by atoms with E-state index >= 15 is 0 Å². The van der Waals surface area contributed by atoms with Gasteiger partial charge < -0.3 is 39.4 Å². The lowest BCUT2D eigenvalue weighted by Crippen LogP contribution is -2.59. The summed E-state index contributed by atoms with van der Waals surface area (Å²) >= 11 is 0. The highest BCUT2D eigenvalue weighted by molar-refractivity contribution is 5.69. The normalized spacial score (nSPS) is 21.3. The van der Waals surface area contributed by atoms with Crippen LogP contribution in [0.4, 0.5) is 0 Å². The van der Waals surface area contributed by atoms with Gasteiger partial charge in [-0.2, -0.15) is 0 Å². The van der Waals surface area contributed by atoms with Gasteiger partial charge in [-0.3, -0.25) is 4.79 Å². The Labute approximate surface area is 362 Å². The number of carbonyl (C=O) groups is 1. The van der Waals surface area contributed by atoms with Crippen LogP contribution in [0.3, 0.4) is 0 Å². The summed E-state index contributed by atoms with van der Waals surface area (Å²) in [6.07, 6.45) is 53.6. The van der Waals surface area contributed by atoms with E-state index in [0.29, 0.717) is 13.0 Å². The van der Waals surface area contributed by atoms with E-state index in [2.05, 4.69) is 135 Å². The molecule has 1 heterocycles. The van der Waals surface area contributed by atoms with Gasteiger partial charge >= 0.3 is 5.97 Å². The molecule has 0 aromatic carbocycles. The molecule has 0 spiro atoms. The zero-order valence-corrected chi connectivity index (χ0v) is 36.6. The van der Waals surface area contributed by atoms with Crippen LogP contribution in [-0.2, 0) is 23.7 Å². The van der Waals surface area contributed by atoms with Crippen molar-refractivity contribution >= 4 is 5.97 Å². The van der Waals surface area contributed by atoms with Gasteiger partial charge in [0.05, 0.1) is 19.8 Å². The molecule has 9 nitrogen and oxygen atoms in total. The highest BCUT2D eigenvalue weighted by Gasteiger charge is 2.44. The lowest BCUT2D eigenvalue weighted by atomic mass is 9.99. The molecule has 1 saturated heterocycles. The van der Waals surface area contributed by atoms with Gasteiger partial charge in [-0.1, -0.05) is 148 Å². The molecule has 0 aliphatic carbocycles. The van der Waals surface area contributed by atoms with E-state index in [0.717, 1.165) is 89.9 Å². The second-order valence-corrected chi connectivity index (χ2v) is 14.4. The molecular formula is C51H78O9. The minimum absolute atomic E-state index is 0.0751. The number of unbranched alkanes of at least 4 members (excludes halogenated alkanes) is 2. The van der Waals surface area contributed by atoms with Crippen LogP contribution in [0.1, 0.15) is 117 Å². The topological polar surface area (TPSA) is 135 Å². The van der Waals surface area contributed by atoms with Crippen molar-refractivity contribution in [3.63, 3.8) is 0 Å². The van der Waals surface area contributed by atoms with Crippen LogP contribution in [0.5, 0.6) is 0 Å². The first kappa shape index (κ1) is 54.3. The summed E-state index contributed by atoms with van der Waals surface area (Å²) in [6.45, 7) is 4.08. The fraction of sp³-hybridized carbons (Fsp3) is 0.549. The number of aliphatic hydroxyl groups excluding tert-OH is 4. The molecule has 1 rings (SSSR count). The number of carbonyl (C=O) groups excluding carboxylic acids is 1. The first-order valence-electron chi connectivity index (χ1n) is 22.3. The number of esters is 1. The van der Waals surface area contributed by atoms with Crippen molar-refractivity contribution in [2.24, 2.45) is 0 Å². The Kier molecular flexibility index (Phi) is 36.9. The second-order valence-electron chi connectivity index (χ2n) is 14.4. The monoisotopic (exact) mass is 835 g/mol. The van der Waals surface area contributed by atoms with Crippen LogP contribution in [0.15, 0.2) is 134 Å². The molecule has 0 saturated carbocycles. The molecular weight excluding hydrogens is 757 g/mol. The van der Waals surface area contributed by atoms with Gasteiger partial charge in [0.25, 0.3) is 0 Å². The van der Waals surface area contributed by atoms with E-state index in [1.807, 2.05) is 12.2 Å². The smallest absolute Gasteiger partial charge is 0.306 e. The molecule has 6 atom stereocenters. The van der Waals surface area contributed by atoms with E-state index in [1.54, 1.807) is 0 Å². The Morgan fingerprint density at radius 3 is 1.38 bits per heavy atom. The molecule has 1 aliphatic heterocycles. The van der Waals surface area contributed by atoms with E-state index in [9.17, 15) is 25.2 Å². The predicted molar refractivity (Wildman–Crippen MR) is 246 cm³/mol. The number of hydrogen-bond acceptors (Lipinski definition) is 9. The average molecular weight is 835 g/mol. The van der Waals surface area contributed by atoms with E-state index in [-0.39, 0.29) is 19.6 Å². The Hall–Kier alpha value is -3.67. The highest BCUT2D eigenvalue weighted by atomic mass is 16.7. The summed E-state index contributed by atoms with van der Waals surface area (Å²) in [7, 11) is 0. The third-order valence-corrected chi connectivity index (χ3v) is 9.08. The molecule has 0 aromatic rings. The van der Waals surface area contributed by atoms with Crippen LogP contribution >= 0.6 is 0 Å². The fourth-order valence-electron chi connectivity index (χ4n) is 5.66. The zero-order valence-electron chi connectivity index (χ0n) is 36.6. The predicted octanol–water partition coefficient (Wildman–Crippen LogP) is 10.1. The van der Waals surface area contributed by atoms with Crippen molar-refractivity contribution in [3.8, 4) is 0 Å². The second kappa shape index (κ2) is 40.7. The van der Waals surface area contributed by atoms with Crippen molar-refractivity contribution < 1.29 is 44.2 Å². The van der Waals surface area contributed by atoms with Crippen LogP contribution in [0.2, 0.25) is 0 Å². The van der Waals surface area contributed by atoms with E-state index < -0.39 is 49.4 Å². The molecule has 0 aromatic heterocycles. The third-order valence-electron chi connectivity index (χ3n) is 9.08. The number of ether oxygens (including phenoxy) is 4. The van der Waals surface area contributed by atoms with Crippen molar-refractivity contribution in [2.75, 3.05) is 26.4 Å². The maximum absolute atomic E-state index is 12.7. The first-order valence-corrected chi connectivity index (χ1v) is 22.3. The maximum atomic E-state index is 12.7. The molecule has 0 radical (unpaired) electrons. The van der Waals surface area contributed by atoms with Crippen LogP contribution in [-0.4, -0.2) is 89.6 Å². The SMILES string of the molecule is CC/C=C\C/C=C\C/C=C\C/C=C\C/C=C\C/C=C\C/C=C\CCCCOCC(COC1OC(CO)C(O)C(O)C1O)OC(=O)CC/C=C\C/C=C\C/C=C\C/C=C\CC. The van der Waals surface area contributed by atoms with Crippen molar-refractivity contribution in [3.05, 3.63) is 134 Å². The number of hydrogen-bond donors (Lipinski definition) is 4. The summed E-state index contributed by atoms with van der Waals surface area (Å²) in [5, 5.41) is 40.1. The molecule has 4 N–H and O–H groups in total. The summed E-state index contributed by atoms with van der Waals surface area (Å²) in [6, 6.07) is 0. The van der Waals surface area contributed by atoms with Gasteiger partial charge in [-0.15, -0.1) is 0 Å². The Morgan fingerprint density at radius 1 is 0.533 bits per heavy atom. The number of aliphatic hydroxyl groups is 4. The molecule has 1 fully saturated rings. The fourth-order valence-corrected chi connectivity index (χ4v) is 5.66. The van der Waals surface area contributed by atoms with Gasteiger partial charge in [0.1, 0.15) is 30.5 Å². The van der Waals surface area contributed by atoms with E-state index in [1.165, 1.54) is 0 Å². The van der Waals surface area contributed by atoms with Gasteiger partial charge in [-0.25, -0.2) is 0 Å². The van der Waals surface area contributed by atoms with Crippen LogP contribution in [0, 0.1) is 0 Å². The van der Waals surface area contributed by atoms with Crippen LogP contribution in [0.25, 0.3) is 0 Å². The Balaban J connectivity index is 2.34.